The van der Waals surface area contributed by atoms with Crippen molar-refractivity contribution in [2.75, 3.05) is 10.7 Å². The molecule has 0 unspecified atom stereocenters. The maximum absolute atomic E-state index is 12.6. The Hall–Kier alpha value is -2.15. The molecule has 0 saturated heterocycles. The third kappa shape index (κ3) is 2.55. The fraction of sp³-hybridized carbons (Fsp3) is 0.375. The number of hydrogen-bond acceptors (Lipinski definition) is 4. The number of aromatic amines is 1. The molecule has 0 radical (unpaired) electrons. The van der Waals surface area contributed by atoms with Gasteiger partial charge in [-0.2, -0.15) is 0 Å². The van der Waals surface area contributed by atoms with E-state index in [0.717, 1.165) is 17.0 Å². The zero-order valence-corrected chi connectivity index (χ0v) is 14.2. The molecule has 0 saturated carbocycles. The predicted molar refractivity (Wildman–Crippen MR) is 89.4 cm³/mol. The van der Waals surface area contributed by atoms with Gasteiger partial charge in [0.25, 0.3) is 6.17 Å². The van der Waals surface area contributed by atoms with Crippen LogP contribution in [0.2, 0.25) is 0 Å². The smallest absolute Gasteiger partial charge is 0.291 e. The van der Waals surface area contributed by atoms with Gasteiger partial charge in [-0.1, -0.05) is 42.4 Å². The SMILES string of the molecule is CCSc1n[n+]2c(c(=O)[nH]1)-c1ccccc1N(C(C)=O)[C@@H]2CC. The van der Waals surface area contributed by atoms with E-state index in [1.54, 1.807) is 16.5 Å². The van der Waals surface area contributed by atoms with Crippen LogP contribution in [0.25, 0.3) is 11.3 Å². The second-order valence-corrected chi connectivity index (χ2v) is 6.53. The van der Waals surface area contributed by atoms with E-state index in [4.69, 9.17) is 0 Å². The van der Waals surface area contributed by atoms with Crippen molar-refractivity contribution < 1.29 is 9.48 Å². The van der Waals surface area contributed by atoms with E-state index >= 15 is 0 Å². The van der Waals surface area contributed by atoms with Crippen LogP contribution in [0.3, 0.4) is 0 Å². The molecule has 1 amide bonds. The number of H-pyrrole nitrogens is 1. The largest absolute Gasteiger partial charge is 0.325 e. The van der Waals surface area contributed by atoms with Gasteiger partial charge in [0.05, 0.1) is 11.3 Å². The van der Waals surface area contributed by atoms with E-state index in [-0.39, 0.29) is 17.6 Å². The van der Waals surface area contributed by atoms with Gasteiger partial charge < -0.3 is 0 Å². The average Bonchev–Trinajstić information content (AvgIpc) is 2.53. The standard InChI is InChI=1S/C16H18N4O2S/c1-4-13-19(10(3)21)12-9-7-6-8-11(12)14-15(22)17-16(23-5-2)18-20(13)14/h6-9,13H,4-5H2,1-3H3/p+1/t13-/m0/s1. The molecule has 0 aliphatic carbocycles. The first kappa shape index (κ1) is 15.7. The molecule has 2 heterocycles. The van der Waals surface area contributed by atoms with Crippen LogP contribution in [0.1, 0.15) is 33.4 Å². The maximum Gasteiger partial charge on any atom is 0.325 e. The van der Waals surface area contributed by atoms with Crippen LogP contribution >= 0.6 is 11.8 Å². The summed E-state index contributed by atoms with van der Waals surface area (Å²) >= 11 is 1.47. The van der Waals surface area contributed by atoms with Crippen molar-refractivity contribution in [3.05, 3.63) is 34.6 Å². The van der Waals surface area contributed by atoms with E-state index in [0.29, 0.717) is 17.3 Å². The average molecular weight is 331 g/mol. The highest BCUT2D eigenvalue weighted by Gasteiger charge is 2.42. The number of amides is 1. The van der Waals surface area contributed by atoms with E-state index < -0.39 is 0 Å². The summed E-state index contributed by atoms with van der Waals surface area (Å²) in [7, 11) is 0. The molecule has 3 rings (SSSR count). The molecule has 23 heavy (non-hydrogen) atoms. The number of fused-ring (bicyclic) bond motifs is 3. The summed E-state index contributed by atoms with van der Waals surface area (Å²) in [5.74, 6) is 0.751. The molecule has 1 aliphatic rings. The van der Waals surface area contributed by atoms with E-state index in [1.165, 1.54) is 11.8 Å². The molecule has 1 N–H and O–H groups in total. The van der Waals surface area contributed by atoms with Gasteiger partial charge in [-0.05, 0) is 17.9 Å². The first-order valence-corrected chi connectivity index (χ1v) is 8.65. The molecule has 6 nitrogen and oxygen atoms in total. The van der Waals surface area contributed by atoms with Gasteiger partial charge in [0.2, 0.25) is 11.1 Å². The Kier molecular flexibility index (Phi) is 4.21. The van der Waals surface area contributed by atoms with E-state index in [9.17, 15) is 9.59 Å². The zero-order valence-electron chi connectivity index (χ0n) is 13.4. The number of thioether (sulfide) groups is 1. The monoisotopic (exact) mass is 331 g/mol. The molecule has 0 bridgehead atoms. The molecule has 7 heteroatoms. The molecule has 0 fully saturated rings. The van der Waals surface area contributed by atoms with Crippen molar-refractivity contribution in [1.29, 1.82) is 0 Å². The highest BCUT2D eigenvalue weighted by molar-refractivity contribution is 7.99. The predicted octanol–water partition coefficient (Wildman–Crippen LogP) is 2.11. The molecule has 2 aromatic rings. The minimum Gasteiger partial charge on any atom is -0.291 e. The first-order valence-electron chi connectivity index (χ1n) is 7.66. The molecule has 1 aliphatic heterocycles. The van der Waals surface area contributed by atoms with Gasteiger partial charge in [-0.25, -0.2) is 0 Å². The highest BCUT2D eigenvalue weighted by atomic mass is 32.2. The Morgan fingerprint density at radius 2 is 2.13 bits per heavy atom. The lowest BCUT2D eigenvalue weighted by atomic mass is 10.0. The van der Waals surface area contributed by atoms with Gasteiger partial charge in [0.1, 0.15) is 0 Å². The number of benzene rings is 1. The minimum absolute atomic E-state index is 0.0609. The number of carbonyl (C=O) groups is 1. The lowest BCUT2D eigenvalue weighted by Gasteiger charge is -2.30. The van der Waals surface area contributed by atoms with Crippen LogP contribution in [-0.2, 0) is 4.79 Å². The summed E-state index contributed by atoms with van der Waals surface area (Å²) < 4.78 is 1.69. The highest BCUT2D eigenvalue weighted by Crippen LogP contribution is 2.35. The number of para-hydroxylation sites is 1. The Labute approximate surface area is 138 Å². The Morgan fingerprint density at radius 1 is 1.39 bits per heavy atom. The summed E-state index contributed by atoms with van der Waals surface area (Å²) in [5, 5.41) is 5.15. The first-order chi connectivity index (χ1) is 11.1. The molecule has 1 aromatic heterocycles. The molecule has 1 atom stereocenters. The fourth-order valence-corrected chi connectivity index (χ4v) is 3.57. The lowest BCUT2D eigenvalue weighted by molar-refractivity contribution is -0.771. The second kappa shape index (κ2) is 6.16. The van der Waals surface area contributed by atoms with Crippen molar-refractivity contribution in [1.82, 2.24) is 10.1 Å². The van der Waals surface area contributed by atoms with Crippen molar-refractivity contribution >= 4 is 23.4 Å². The summed E-state index contributed by atoms with van der Waals surface area (Å²) in [4.78, 5) is 29.4. The summed E-state index contributed by atoms with van der Waals surface area (Å²) in [6.45, 7) is 5.53. The molecule has 120 valence electrons. The number of anilines is 1. The molecule has 1 aromatic carbocycles. The topological polar surface area (TPSA) is 69.9 Å². The summed E-state index contributed by atoms with van der Waals surface area (Å²) in [6.07, 6.45) is 0.369. The van der Waals surface area contributed by atoms with Crippen LogP contribution in [0.5, 0.6) is 0 Å². The zero-order chi connectivity index (χ0) is 16.6. The van der Waals surface area contributed by atoms with Gasteiger partial charge in [-0.3, -0.25) is 19.5 Å². The number of nitrogens with zero attached hydrogens (tertiary/aromatic N) is 3. The normalized spacial score (nSPS) is 16.0. The molecular weight excluding hydrogens is 312 g/mol. The second-order valence-electron chi connectivity index (χ2n) is 5.28. The minimum atomic E-state index is -0.295. The number of hydrogen-bond donors (Lipinski definition) is 1. The maximum atomic E-state index is 12.6. The van der Waals surface area contributed by atoms with Crippen molar-refractivity contribution in [3.8, 4) is 11.3 Å². The van der Waals surface area contributed by atoms with Crippen molar-refractivity contribution in [3.63, 3.8) is 0 Å². The van der Waals surface area contributed by atoms with Gasteiger partial charge in [0, 0.05) is 18.4 Å². The number of carbonyl (C=O) groups excluding carboxylic acids is 1. The van der Waals surface area contributed by atoms with Gasteiger partial charge in [0.15, 0.2) is 0 Å². The van der Waals surface area contributed by atoms with Crippen LogP contribution in [0.4, 0.5) is 5.69 Å². The quantitative estimate of drug-likeness (QED) is 0.691. The fourth-order valence-electron chi connectivity index (χ4n) is 2.99. The van der Waals surface area contributed by atoms with Crippen LogP contribution < -0.4 is 15.1 Å². The Bertz CT molecular complexity index is 818. The van der Waals surface area contributed by atoms with E-state index in [1.807, 2.05) is 38.1 Å². The number of aromatic nitrogens is 3. The van der Waals surface area contributed by atoms with Gasteiger partial charge in [-0.15, -0.1) is 0 Å². The van der Waals surface area contributed by atoms with Crippen LogP contribution in [-0.4, -0.2) is 21.7 Å². The van der Waals surface area contributed by atoms with E-state index in [2.05, 4.69) is 10.1 Å². The van der Waals surface area contributed by atoms with Crippen LogP contribution in [0.15, 0.2) is 34.2 Å². The van der Waals surface area contributed by atoms with Crippen molar-refractivity contribution in [2.24, 2.45) is 0 Å². The summed E-state index contributed by atoms with van der Waals surface area (Å²) in [6, 6.07) is 7.46. The summed E-state index contributed by atoms with van der Waals surface area (Å²) in [5.41, 5.74) is 1.82. The third-order valence-electron chi connectivity index (χ3n) is 3.85. The van der Waals surface area contributed by atoms with Crippen LogP contribution in [0, 0.1) is 0 Å². The van der Waals surface area contributed by atoms with Gasteiger partial charge >= 0.3 is 11.3 Å². The molecule has 0 spiro atoms. The third-order valence-corrected chi connectivity index (χ3v) is 4.59. The van der Waals surface area contributed by atoms with Crippen molar-refractivity contribution in [2.45, 2.75) is 38.5 Å². The molecular formula is C16H19N4O2S+. The Morgan fingerprint density at radius 3 is 2.78 bits per heavy atom. The Balaban J connectivity index is 2.32. The lowest BCUT2D eigenvalue weighted by Crippen LogP contribution is -2.60. The number of rotatable bonds is 3. The number of nitrogens with one attached hydrogen (secondary N) is 1.